The minimum Gasteiger partial charge on any atom is -0.393 e. The van der Waals surface area contributed by atoms with Crippen LogP contribution in [-0.4, -0.2) is 16.9 Å². The number of hydrogen-bond acceptors (Lipinski definition) is 2. The smallest absolute Gasteiger partial charge is 0.230 e. The second-order valence-electron chi connectivity index (χ2n) is 5.66. The fraction of sp³-hybridized carbons (Fsp3) is 0.846. The molecule has 0 saturated heterocycles. The van der Waals surface area contributed by atoms with E-state index < -0.39 is 0 Å². The van der Waals surface area contributed by atoms with E-state index in [0.717, 1.165) is 6.42 Å². The quantitative estimate of drug-likeness (QED) is 0.759. The third-order valence-corrected chi connectivity index (χ3v) is 4.18. The molecule has 0 aliphatic heterocycles. The van der Waals surface area contributed by atoms with Crippen molar-refractivity contribution in [2.24, 2.45) is 17.1 Å². The molecule has 2 unspecified atom stereocenters. The summed E-state index contributed by atoms with van der Waals surface area (Å²) >= 11 is 4.93. The monoisotopic (exact) mass is 256 g/mol. The molecule has 1 fully saturated rings. The fourth-order valence-electron chi connectivity index (χ4n) is 2.55. The first-order valence-corrected chi connectivity index (χ1v) is 6.89. The van der Waals surface area contributed by atoms with E-state index in [1.165, 1.54) is 19.3 Å². The van der Waals surface area contributed by atoms with Gasteiger partial charge in [0.05, 0.1) is 10.9 Å². The van der Waals surface area contributed by atoms with E-state index in [2.05, 4.69) is 19.2 Å². The number of thiocarbonyl (C=S) groups is 1. The summed E-state index contributed by atoms with van der Waals surface area (Å²) in [4.78, 5) is 12.4. The molecule has 17 heavy (non-hydrogen) atoms. The summed E-state index contributed by atoms with van der Waals surface area (Å²) in [5.41, 5.74) is 5.77. The minimum absolute atomic E-state index is 0.0000231. The molecule has 0 spiro atoms. The number of carbonyl (C=O) groups excluding carboxylic acids is 1. The second-order valence-corrected chi connectivity index (χ2v) is 6.13. The lowest BCUT2D eigenvalue weighted by Crippen LogP contribution is -2.50. The summed E-state index contributed by atoms with van der Waals surface area (Å²) in [6.07, 6.45) is 5.35. The molecule has 1 aliphatic rings. The number of rotatable bonds is 4. The molecule has 0 aromatic rings. The molecule has 0 aromatic heterocycles. The molecular weight excluding hydrogens is 232 g/mol. The molecule has 1 saturated carbocycles. The lowest BCUT2D eigenvalue weighted by Gasteiger charge is -2.39. The van der Waals surface area contributed by atoms with Gasteiger partial charge in [-0.15, -0.1) is 0 Å². The summed E-state index contributed by atoms with van der Waals surface area (Å²) in [5.74, 6) is -0.317. The topological polar surface area (TPSA) is 55.1 Å². The van der Waals surface area contributed by atoms with E-state index in [1.807, 2.05) is 6.92 Å². The van der Waals surface area contributed by atoms with Gasteiger partial charge < -0.3 is 11.1 Å². The van der Waals surface area contributed by atoms with Gasteiger partial charge in [-0.25, -0.2) is 0 Å². The van der Waals surface area contributed by atoms with Crippen molar-refractivity contribution in [1.29, 1.82) is 0 Å². The lowest BCUT2D eigenvalue weighted by molar-refractivity contribution is -0.125. The minimum atomic E-state index is -0.317. The van der Waals surface area contributed by atoms with E-state index in [4.69, 9.17) is 18.0 Å². The largest absolute Gasteiger partial charge is 0.393 e. The Morgan fingerprint density at radius 2 is 2.18 bits per heavy atom. The van der Waals surface area contributed by atoms with Gasteiger partial charge in [0.1, 0.15) is 0 Å². The van der Waals surface area contributed by atoms with Gasteiger partial charge in [-0.2, -0.15) is 0 Å². The number of nitrogens with one attached hydrogen (secondary N) is 1. The summed E-state index contributed by atoms with van der Waals surface area (Å²) in [6.45, 7) is 6.38. The van der Waals surface area contributed by atoms with Crippen LogP contribution in [0.25, 0.3) is 0 Å². The predicted octanol–water partition coefficient (Wildman–Crippen LogP) is 2.38. The van der Waals surface area contributed by atoms with Crippen molar-refractivity contribution >= 4 is 23.1 Å². The van der Waals surface area contributed by atoms with Gasteiger partial charge in [0.25, 0.3) is 0 Å². The second kappa shape index (κ2) is 5.80. The van der Waals surface area contributed by atoms with Gasteiger partial charge in [-0.3, -0.25) is 4.79 Å². The number of amides is 1. The third-order valence-electron chi connectivity index (χ3n) is 3.89. The van der Waals surface area contributed by atoms with Gasteiger partial charge in [-0.05, 0) is 24.7 Å². The molecule has 3 nitrogen and oxygen atoms in total. The van der Waals surface area contributed by atoms with Crippen molar-refractivity contribution in [2.75, 3.05) is 0 Å². The molecule has 0 bridgehead atoms. The maximum absolute atomic E-state index is 12.1. The Bertz CT molecular complexity index is 302. The first-order valence-electron chi connectivity index (χ1n) is 6.48. The van der Waals surface area contributed by atoms with Crippen LogP contribution in [0.4, 0.5) is 0 Å². The maximum atomic E-state index is 12.1. The maximum Gasteiger partial charge on any atom is 0.230 e. The highest BCUT2D eigenvalue weighted by atomic mass is 32.1. The van der Waals surface area contributed by atoms with Crippen LogP contribution in [-0.2, 0) is 4.79 Å². The average Bonchev–Trinajstić information content (AvgIpc) is 2.21. The van der Waals surface area contributed by atoms with Crippen LogP contribution in [0.5, 0.6) is 0 Å². The number of hydrogen-bond donors (Lipinski definition) is 2. The molecule has 2 atom stereocenters. The van der Waals surface area contributed by atoms with E-state index in [0.29, 0.717) is 11.4 Å². The molecule has 1 rings (SSSR count). The van der Waals surface area contributed by atoms with Crippen molar-refractivity contribution in [3.8, 4) is 0 Å². The van der Waals surface area contributed by atoms with E-state index >= 15 is 0 Å². The van der Waals surface area contributed by atoms with Crippen LogP contribution in [0.3, 0.4) is 0 Å². The predicted molar refractivity (Wildman–Crippen MR) is 74.7 cm³/mol. The number of carbonyl (C=O) groups is 1. The van der Waals surface area contributed by atoms with Gasteiger partial charge in [0, 0.05) is 6.04 Å². The summed E-state index contributed by atoms with van der Waals surface area (Å²) < 4.78 is 0. The average molecular weight is 256 g/mol. The zero-order valence-corrected chi connectivity index (χ0v) is 11.9. The Hall–Kier alpha value is -0.640. The molecule has 1 amide bonds. The van der Waals surface area contributed by atoms with Crippen LogP contribution in [0.1, 0.15) is 52.9 Å². The molecule has 4 heteroatoms. The molecular formula is C13H24N2OS. The fourth-order valence-corrected chi connectivity index (χ4v) is 2.82. The molecule has 0 radical (unpaired) electrons. The van der Waals surface area contributed by atoms with Crippen LogP contribution in [0.2, 0.25) is 0 Å². The zero-order chi connectivity index (χ0) is 13.1. The highest BCUT2D eigenvalue weighted by molar-refractivity contribution is 7.80. The first kappa shape index (κ1) is 14.4. The SMILES string of the molecule is CCC(C(=O)NC1CCCCC1(C)C)C(N)=S. The van der Waals surface area contributed by atoms with E-state index in [1.54, 1.807) is 0 Å². The van der Waals surface area contributed by atoms with Crippen molar-refractivity contribution in [1.82, 2.24) is 5.32 Å². The molecule has 3 N–H and O–H groups in total. The van der Waals surface area contributed by atoms with Crippen LogP contribution >= 0.6 is 12.2 Å². The molecule has 0 heterocycles. The molecule has 1 aliphatic carbocycles. The highest BCUT2D eigenvalue weighted by Crippen LogP contribution is 2.35. The van der Waals surface area contributed by atoms with Crippen LogP contribution in [0, 0.1) is 11.3 Å². The van der Waals surface area contributed by atoms with Gasteiger partial charge in [-0.1, -0.05) is 45.8 Å². The zero-order valence-electron chi connectivity index (χ0n) is 11.1. The first-order chi connectivity index (χ1) is 7.88. The Labute approximate surface area is 110 Å². The summed E-state index contributed by atoms with van der Waals surface area (Å²) in [5, 5.41) is 3.14. The Morgan fingerprint density at radius 1 is 1.53 bits per heavy atom. The highest BCUT2D eigenvalue weighted by Gasteiger charge is 2.34. The normalized spacial score (nSPS) is 25.0. The standard InChI is InChI=1S/C13H24N2OS/c1-4-9(11(14)17)12(16)15-10-7-5-6-8-13(10,2)3/h9-10H,4-8H2,1-3H3,(H2,14,17)(H,15,16). The van der Waals surface area contributed by atoms with Gasteiger partial charge in [0.2, 0.25) is 5.91 Å². The lowest BCUT2D eigenvalue weighted by atomic mass is 9.73. The van der Waals surface area contributed by atoms with E-state index in [-0.39, 0.29) is 23.3 Å². The molecule has 0 aromatic carbocycles. The molecule has 98 valence electrons. The number of nitrogens with two attached hydrogens (primary N) is 1. The Balaban J connectivity index is 2.63. The van der Waals surface area contributed by atoms with E-state index in [9.17, 15) is 4.79 Å². The van der Waals surface area contributed by atoms with Gasteiger partial charge in [0.15, 0.2) is 0 Å². The van der Waals surface area contributed by atoms with Crippen LogP contribution in [0.15, 0.2) is 0 Å². The Morgan fingerprint density at radius 3 is 2.65 bits per heavy atom. The van der Waals surface area contributed by atoms with Crippen LogP contribution < -0.4 is 11.1 Å². The van der Waals surface area contributed by atoms with Crippen molar-refractivity contribution in [2.45, 2.75) is 58.9 Å². The van der Waals surface area contributed by atoms with Gasteiger partial charge >= 0.3 is 0 Å². The Kier molecular flexibility index (Phi) is 4.92. The van der Waals surface area contributed by atoms with Crippen molar-refractivity contribution in [3.63, 3.8) is 0 Å². The van der Waals surface area contributed by atoms with Crippen molar-refractivity contribution < 1.29 is 4.79 Å². The summed E-state index contributed by atoms with van der Waals surface area (Å²) in [7, 11) is 0. The third kappa shape index (κ3) is 3.66. The summed E-state index contributed by atoms with van der Waals surface area (Å²) in [6, 6.07) is 0.257. The van der Waals surface area contributed by atoms with Crippen molar-refractivity contribution in [3.05, 3.63) is 0 Å².